The van der Waals surface area contributed by atoms with E-state index in [0.29, 0.717) is 11.1 Å². The summed E-state index contributed by atoms with van der Waals surface area (Å²) in [5.41, 5.74) is 0.892. The molecule has 0 N–H and O–H groups in total. The first kappa shape index (κ1) is 18.3. The molecule has 4 nitrogen and oxygen atoms in total. The van der Waals surface area contributed by atoms with Gasteiger partial charge in [-0.15, -0.1) is 0 Å². The standard InChI is InChI=1S/C22H8F2N4/c1-28-22-19(24)9-7-16(11-26)21(22)14-4-2-13(3-5-14)20-15(10-25)6-8-18(23)17(20)12-27/h2-9H. The van der Waals surface area contributed by atoms with Crippen molar-refractivity contribution in [3.05, 3.63) is 88.3 Å². The van der Waals surface area contributed by atoms with E-state index >= 15 is 0 Å². The number of rotatable bonds is 2. The molecule has 3 aromatic rings. The van der Waals surface area contributed by atoms with Crippen LogP contribution in [0.15, 0.2) is 48.5 Å². The summed E-state index contributed by atoms with van der Waals surface area (Å²) in [5.74, 6) is -1.48. The van der Waals surface area contributed by atoms with Crippen molar-refractivity contribution in [2.45, 2.75) is 0 Å². The average Bonchev–Trinajstić information content (AvgIpc) is 2.73. The van der Waals surface area contributed by atoms with Crippen LogP contribution in [0.2, 0.25) is 0 Å². The Bertz CT molecular complexity index is 1160. The van der Waals surface area contributed by atoms with Crippen LogP contribution in [0.5, 0.6) is 0 Å². The summed E-state index contributed by atoms with van der Waals surface area (Å²) in [6, 6.07) is 16.5. The van der Waals surface area contributed by atoms with Crippen LogP contribution in [-0.2, 0) is 0 Å². The Labute approximate surface area is 159 Å². The molecule has 0 aliphatic rings. The van der Waals surface area contributed by atoms with Crippen molar-refractivity contribution in [2.24, 2.45) is 0 Å². The molecule has 130 valence electrons. The molecule has 0 aromatic heterocycles. The van der Waals surface area contributed by atoms with Crippen LogP contribution in [-0.4, -0.2) is 0 Å². The lowest BCUT2D eigenvalue weighted by atomic mass is 9.92. The van der Waals surface area contributed by atoms with Gasteiger partial charge in [-0.3, -0.25) is 0 Å². The lowest BCUT2D eigenvalue weighted by Crippen LogP contribution is -1.94. The van der Waals surface area contributed by atoms with Crippen molar-refractivity contribution in [3.63, 3.8) is 0 Å². The molecule has 28 heavy (non-hydrogen) atoms. The van der Waals surface area contributed by atoms with Crippen LogP contribution in [0.3, 0.4) is 0 Å². The van der Waals surface area contributed by atoms with Crippen molar-refractivity contribution in [3.8, 4) is 40.5 Å². The molecule has 0 saturated heterocycles. The van der Waals surface area contributed by atoms with E-state index in [-0.39, 0.29) is 33.5 Å². The minimum atomic E-state index is -0.743. The topological polar surface area (TPSA) is 75.7 Å². The molecule has 3 rings (SSSR count). The number of nitriles is 3. The van der Waals surface area contributed by atoms with Crippen LogP contribution in [0, 0.1) is 52.2 Å². The minimum absolute atomic E-state index is 0.135. The van der Waals surface area contributed by atoms with Crippen LogP contribution >= 0.6 is 0 Å². The molecule has 0 saturated carbocycles. The Balaban J connectivity index is 2.23. The maximum absolute atomic E-state index is 14.0. The van der Waals surface area contributed by atoms with E-state index in [1.165, 1.54) is 36.4 Å². The second kappa shape index (κ2) is 7.38. The Morgan fingerprint density at radius 1 is 0.679 bits per heavy atom. The monoisotopic (exact) mass is 366 g/mol. The molecule has 0 amide bonds. The average molecular weight is 366 g/mol. The Hall–Kier alpha value is -4.52. The number of halogens is 2. The molecule has 0 spiro atoms. The molecule has 0 bridgehead atoms. The van der Waals surface area contributed by atoms with Gasteiger partial charge in [0.05, 0.1) is 29.8 Å². The van der Waals surface area contributed by atoms with Gasteiger partial charge in [-0.2, -0.15) is 15.8 Å². The Morgan fingerprint density at radius 3 is 1.68 bits per heavy atom. The highest BCUT2D eigenvalue weighted by molar-refractivity contribution is 5.86. The van der Waals surface area contributed by atoms with Gasteiger partial charge in [0.15, 0.2) is 0 Å². The summed E-state index contributed by atoms with van der Waals surface area (Å²) in [7, 11) is 0. The number of nitrogens with zero attached hydrogens (tertiary/aromatic N) is 4. The molecule has 0 heterocycles. The van der Waals surface area contributed by atoms with Gasteiger partial charge >= 0.3 is 0 Å². The Kier molecular flexibility index (Phi) is 4.82. The first-order chi connectivity index (χ1) is 13.5. The third-order valence-corrected chi connectivity index (χ3v) is 4.21. The number of hydrogen-bond donors (Lipinski definition) is 0. The summed E-state index contributed by atoms with van der Waals surface area (Å²) in [6.07, 6.45) is 0. The predicted octanol–water partition coefficient (Wildman–Crippen LogP) is 5.46. The molecule has 0 unspecified atom stereocenters. The second-order valence-electron chi connectivity index (χ2n) is 5.69. The molecule has 0 aliphatic carbocycles. The van der Waals surface area contributed by atoms with Gasteiger partial charge < -0.3 is 0 Å². The van der Waals surface area contributed by atoms with Crippen LogP contribution in [0.25, 0.3) is 27.1 Å². The largest absolute Gasteiger partial charge is 0.234 e. The molecule has 0 radical (unpaired) electrons. The lowest BCUT2D eigenvalue weighted by molar-refractivity contribution is 0.624. The van der Waals surface area contributed by atoms with Crippen molar-refractivity contribution >= 4 is 5.69 Å². The van der Waals surface area contributed by atoms with E-state index in [9.17, 15) is 24.6 Å². The van der Waals surface area contributed by atoms with E-state index in [1.54, 1.807) is 6.07 Å². The van der Waals surface area contributed by atoms with E-state index in [4.69, 9.17) is 6.57 Å². The van der Waals surface area contributed by atoms with Crippen molar-refractivity contribution in [1.82, 2.24) is 0 Å². The predicted molar refractivity (Wildman–Crippen MR) is 97.6 cm³/mol. The zero-order valence-electron chi connectivity index (χ0n) is 14.2. The van der Waals surface area contributed by atoms with E-state index < -0.39 is 11.6 Å². The molecule has 0 atom stereocenters. The zero-order valence-corrected chi connectivity index (χ0v) is 14.2. The first-order valence-electron chi connectivity index (χ1n) is 7.89. The molecule has 0 fully saturated rings. The van der Waals surface area contributed by atoms with Crippen molar-refractivity contribution in [2.75, 3.05) is 0 Å². The summed E-state index contributed by atoms with van der Waals surface area (Å²) in [6.45, 7) is 7.21. The van der Waals surface area contributed by atoms with E-state index in [2.05, 4.69) is 4.85 Å². The normalized spacial score (nSPS) is 9.64. The fourth-order valence-corrected chi connectivity index (χ4v) is 2.94. The van der Waals surface area contributed by atoms with Crippen molar-refractivity contribution in [1.29, 1.82) is 15.8 Å². The highest BCUT2D eigenvalue weighted by Gasteiger charge is 2.18. The molecule has 6 heteroatoms. The zero-order chi connectivity index (χ0) is 20.3. The second-order valence-corrected chi connectivity index (χ2v) is 5.69. The van der Waals surface area contributed by atoms with Crippen LogP contribution < -0.4 is 0 Å². The molecular weight excluding hydrogens is 358 g/mol. The van der Waals surface area contributed by atoms with E-state index in [1.807, 2.05) is 12.1 Å². The smallest absolute Gasteiger partial charge is 0.231 e. The third-order valence-electron chi connectivity index (χ3n) is 4.21. The lowest BCUT2D eigenvalue weighted by Gasteiger charge is -2.11. The fraction of sp³-hybridized carbons (Fsp3) is 0. The van der Waals surface area contributed by atoms with Gasteiger partial charge in [-0.1, -0.05) is 24.3 Å². The van der Waals surface area contributed by atoms with Gasteiger partial charge in [0.1, 0.15) is 17.7 Å². The van der Waals surface area contributed by atoms with Crippen molar-refractivity contribution < 1.29 is 8.78 Å². The van der Waals surface area contributed by atoms with Gasteiger partial charge in [0.2, 0.25) is 5.69 Å². The summed E-state index contributed by atoms with van der Waals surface area (Å²) in [5, 5.41) is 27.9. The van der Waals surface area contributed by atoms with Gasteiger partial charge in [0, 0.05) is 16.7 Å². The number of hydrogen-bond acceptors (Lipinski definition) is 3. The third kappa shape index (κ3) is 2.93. The molecular formula is C22H8F2N4. The summed E-state index contributed by atoms with van der Waals surface area (Å²) < 4.78 is 28.0. The molecule has 3 aromatic carbocycles. The SMILES string of the molecule is [C-]#[N+]c1c(F)ccc(C#N)c1-c1ccc(-c2c(C#N)ccc(F)c2C#N)cc1. The van der Waals surface area contributed by atoms with E-state index in [0.717, 1.165) is 12.1 Å². The number of benzene rings is 3. The first-order valence-corrected chi connectivity index (χ1v) is 7.89. The minimum Gasteiger partial charge on any atom is -0.234 e. The maximum atomic E-state index is 14.0. The fourth-order valence-electron chi connectivity index (χ4n) is 2.94. The highest BCUT2D eigenvalue weighted by Crippen LogP contribution is 2.37. The summed E-state index contributed by atoms with van der Waals surface area (Å²) in [4.78, 5) is 3.19. The summed E-state index contributed by atoms with van der Waals surface area (Å²) >= 11 is 0. The molecule has 0 aliphatic heterocycles. The van der Waals surface area contributed by atoms with Gasteiger partial charge in [0.25, 0.3) is 0 Å². The highest BCUT2D eigenvalue weighted by atomic mass is 19.1. The maximum Gasteiger partial charge on any atom is 0.231 e. The van der Waals surface area contributed by atoms with Crippen LogP contribution in [0.1, 0.15) is 16.7 Å². The van der Waals surface area contributed by atoms with Gasteiger partial charge in [-0.25, -0.2) is 13.6 Å². The quantitative estimate of drug-likeness (QED) is 0.565. The van der Waals surface area contributed by atoms with Crippen LogP contribution in [0.4, 0.5) is 14.5 Å². The van der Waals surface area contributed by atoms with Gasteiger partial charge in [-0.05, 0) is 35.4 Å². The Morgan fingerprint density at radius 2 is 1.18 bits per heavy atom.